The highest BCUT2D eigenvalue weighted by Crippen LogP contribution is 2.18. The summed E-state index contributed by atoms with van der Waals surface area (Å²) in [5.74, 6) is -0.899. The molecule has 0 aliphatic heterocycles. The van der Waals surface area contributed by atoms with Crippen LogP contribution in [0.25, 0.3) is 10.8 Å². The van der Waals surface area contributed by atoms with E-state index in [1.165, 1.54) is 16.3 Å². The molecule has 0 spiro atoms. The van der Waals surface area contributed by atoms with Crippen LogP contribution < -0.4 is 0 Å². The Bertz CT molecular complexity index is 817. The predicted octanol–water partition coefficient (Wildman–Crippen LogP) is 4.35. The van der Waals surface area contributed by atoms with Crippen molar-refractivity contribution in [3.63, 3.8) is 0 Å². The Labute approximate surface area is 129 Å². The van der Waals surface area contributed by atoms with Crippen LogP contribution in [-0.2, 0) is 12.8 Å². The first-order chi connectivity index (χ1) is 10.6. The standard InChI is InChI=1S/C19H19NO2/c1-13-16(12-18(20-13)19(21)22)8-4-5-14-9-10-15-6-2-3-7-17(15)11-14/h2-3,6-7,9-12,20H,4-5,8H2,1H3,(H,21,22). The van der Waals surface area contributed by atoms with Gasteiger partial charge in [-0.25, -0.2) is 4.79 Å². The van der Waals surface area contributed by atoms with Crippen molar-refractivity contribution < 1.29 is 9.90 Å². The van der Waals surface area contributed by atoms with Gasteiger partial charge in [-0.05, 0) is 54.2 Å². The summed E-state index contributed by atoms with van der Waals surface area (Å²) in [6.45, 7) is 1.93. The summed E-state index contributed by atoms with van der Waals surface area (Å²) < 4.78 is 0. The van der Waals surface area contributed by atoms with Gasteiger partial charge in [-0.3, -0.25) is 0 Å². The monoisotopic (exact) mass is 293 g/mol. The molecule has 0 atom stereocenters. The molecule has 2 N–H and O–H groups in total. The Balaban J connectivity index is 1.65. The molecule has 0 saturated heterocycles. The number of hydrogen-bond acceptors (Lipinski definition) is 1. The van der Waals surface area contributed by atoms with Crippen LogP contribution in [0, 0.1) is 6.92 Å². The number of aromatic amines is 1. The zero-order chi connectivity index (χ0) is 15.5. The van der Waals surface area contributed by atoms with Crippen molar-refractivity contribution in [1.82, 2.24) is 4.98 Å². The van der Waals surface area contributed by atoms with Gasteiger partial charge in [-0.1, -0.05) is 42.5 Å². The Kier molecular flexibility index (Phi) is 3.96. The maximum absolute atomic E-state index is 11.0. The summed E-state index contributed by atoms with van der Waals surface area (Å²) in [5.41, 5.74) is 3.65. The Morgan fingerprint density at radius 2 is 1.82 bits per heavy atom. The van der Waals surface area contributed by atoms with Crippen LogP contribution in [0.5, 0.6) is 0 Å². The fourth-order valence-electron chi connectivity index (χ4n) is 2.85. The van der Waals surface area contributed by atoms with E-state index in [1.807, 2.05) is 6.92 Å². The van der Waals surface area contributed by atoms with Gasteiger partial charge in [-0.2, -0.15) is 0 Å². The van der Waals surface area contributed by atoms with E-state index in [-0.39, 0.29) is 5.69 Å². The van der Waals surface area contributed by atoms with Crippen molar-refractivity contribution in [2.45, 2.75) is 26.2 Å². The van der Waals surface area contributed by atoms with Crippen LogP contribution >= 0.6 is 0 Å². The second kappa shape index (κ2) is 6.06. The van der Waals surface area contributed by atoms with Gasteiger partial charge in [-0.15, -0.1) is 0 Å². The smallest absolute Gasteiger partial charge is 0.352 e. The third-order valence-electron chi connectivity index (χ3n) is 4.08. The molecule has 0 bridgehead atoms. The first-order valence-corrected chi connectivity index (χ1v) is 7.53. The van der Waals surface area contributed by atoms with Crippen LogP contribution in [0.15, 0.2) is 48.5 Å². The van der Waals surface area contributed by atoms with Crippen molar-refractivity contribution in [3.8, 4) is 0 Å². The molecule has 2 aromatic carbocycles. The minimum absolute atomic E-state index is 0.276. The Hall–Kier alpha value is -2.55. The van der Waals surface area contributed by atoms with Gasteiger partial charge in [0.2, 0.25) is 0 Å². The number of carboxylic acid groups (broad SMARTS) is 1. The number of fused-ring (bicyclic) bond motifs is 1. The van der Waals surface area contributed by atoms with E-state index < -0.39 is 5.97 Å². The number of rotatable bonds is 5. The minimum Gasteiger partial charge on any atom is -0.477 e. The van der Waals surface area contributed by atoms with E-state index in [0.717, 1.165) is 30.5 Å². The van der Waals surface area contributed by atoms with E-state index >= 15 is 0 Å². The summed E-state index contributed by atoms with van der Waals surface area (Å²) in [6, 6.07) is 16.7. The zero-order valence-electron chi connectivity index (χ0n) is 12.6. The predicted molar refractivity (Wildman–Crippen MR) is 88.5 cm³/mol. The molecule has 112 valence electrons. The number of aryl methyl sites for hydroxylation is 3. The topological polar surface area (TPSA) is 53.1 Å². The minimum atomic E-state index is -0.899. The van der Waals surface area contributed by atoms with E-state index in [2.05, 4.69) is 47.4 Å². The summed E-state index contributed by atoms with van der Waals surface area (Å²) >= 11 is 0. The van der Waals surface area contributed by atoms with Gasteiger partial charge in [0.25, 0.3) is 0 Å². The molecule has 22 heavy (non-hydrogen) atoms. The molecular weight excluding hydrogens is 274 g/mol. The average molecular weight is 293 g/mol. The third kappa shape index (κ3) is 3.03. The lowest BCUT2D eigenvalue weighted by Gasteiger charge is -2.04. The molecule has 1 aromatic heterocycles. The number of H-pyrrole nitrogens is 1. The molecule has 0 saturated carbocycles. The molecule has 1 heterocycles. The zero-order valence-corrected chi connectivity index (χ0v) is 12.6. The normalized spacial score (nSPS) is 11.0. The number of aromatic nitrogens is 1. The molecule has 0 amide bonds. The van der Waals surface area contributed by atoms with E-state index in [0.29, 0.717) is 0 Å². The fourth-order valence-corrected chi connectivity index (χ4v) is 2.85. The molecule has 0 aliphatic carbocycles. The molecular formula is C19H19NO2. The number of carboxylic acids is 1. The van der Waals surface area contributed by atoms with Gasteiger partial charge in [0.1, 0.15) is 5.69 Å². The number of aromatic carboxylic acids is 1. The Morgan fingerprint density at radius 1 is 1.05 bits per heavy atom. The highest BCUT2D eigenvalue weighted by molar-refractivity contribution is 5.86. The highest BCUT2D eigenvalue weighted by Gasteiger charge is 2.09. The van der Waals surface area contributed by atoms with Crippen LogP contribution in [0.3, 0.4) is 0 Å². The number of hydrogen-bond donors (Lipinski definition) is 2. The number of carbonyl (C=O) groups is 1. The lowest BCUT2D eigenvalue weighted by molar-refractivity contribution is 0.0691. The van der Waals surface area contributed by atoms with Crippen LogP contribution in [-0.4, -0.2) is 16.1 Å². The quantitative estimate of drug-likeness (QED) is 0.734. The van der Waals surface area contributed by atoms with Crippen LogP contribution in [0.1, 0.15) is 33.7 Å². The lowest BCUT2D eigenvalue weighted by atomic mass is 10.0. The molecule has 3 nitrogen and oxygen atoms in total. The van der Waals surface area contributed by atoms with Crippen molar-refractivity contribution in [3.05, 3.63) is 71.0 Å². The molecule has 0 unspecified atom stereocenters. The SMILES string of the molecule is Cc1[nH]c(C(=O)O)cc1CCCc1ccc2ccccc2c1. The van der Waals surface area contributed by atoms with Gasteiger partial charge in [0.05, 0.1) is 0 Å². The molecule has 3 rings (SSSR count). The second-order valence-corrected chi connectivity index (χ2v) is 5.67. The van der Waals surface area contributed by atoms with Crippen LogP contribution in [0.2, 0.25) is 0 Å². The van der Waals surface area contributed by atoms with Crippen molar-refractivity contribution in [1.29, 1.82) is 0 Å². The Morgan fingerprint density at radius 3 is 2.55 bits per heavy atom. The van der Waals surface area contributed by atoms with E-state index in [4.69, 9.17) is 5.11 Å². The first kappa shape index (κ1) is 14.4. The molecule has 0 aliphatic rings. The van der Waals surface area contributed by atoms with Gasteiger partial charge in [0.15, 0.2) is 0 Å². The number of benzene rings is 2. The molecule has 3 aromatic rings. The maximum atomic E-state index is 11.0. The van der Waals surface area contributed by atoms with Gasteiger partial charge < -0.3 is 10.1 Å². The third-order valence-corrected chi connectivity index (χ3v) is 4.08. The summed E-state index contributed by atoms with van der Waals surface area (Å²) in [4.78, 5) is 13.9. The van der Waals surface area contributed by atoms with Crippen molar-refractivity contribution >= 4 is 16.7 Å². The second-order valence-electron chi connectivity index (χ2n) is 5.67. The highest BCUT2D eigenvalue weighted by atomic mass is 16.4. The summed E-state index contributed by atoms with van der Waals surface area (Å²) in [6.07, 6.45) is 2.90. The van der Waals surface area contributed by atoms with Gasteiger partial charge >= 0.3 is 5.97 Å². The fraction of sp³-hybridized carbons (Fsp3) is 0.211. The average Bonchev–Trinajstić information content (AvgIpc) is 2.89. The van der Waals surface area contributed by atoms with Crippen molar-refractivity contribution in [2.75, 3.05) is 0 Å². The lowest BCUT2D eigenvalue weighted by Crippen LogP contribution is -1.95. The van der Waals surface area contributed by atoms with E-state index in [1.54, 1.807) is 6.07 Å². The molecule has 0 fully saturated rings. The largest absolute Gasteiger partial charge is 0.477 e. The first-order valence-electron chi connectivity index (χ1n) is 7.53. The van der Waals surface area contributed by atoms with E-state index in [9.17, 15) is 4.79 Å². The van der Waals surface area contributed by atoms with Gasteiger partial charge in [0, 0.05) is 5.69 Å². The molecule has 0 radical (unpaired) electrons. The van der Waals surface area contributed by atoms with Crippen LogP contribution in [0.4, 0.5) is 0 Å². The van der Waals surface area contributed by atoms with Crippen molar-refractivity contribution in [2.24, 2.45) is 0 Å². The summed E-state index contributed by atoms with van der Waals surface area (Å²) in [7, 11) is 0. The number of nitrogens with one attached hydrogen (secondary N) is 1. The summed E-state index contributed by atoms with van der Waals surface area (Å²) in [5, 5.41) is 11.5. The maximum Gasteiger partial charge on any atom is 0.352 e. The molecule has 3 heteroatoms.